The second-order valence-electron chi connectivity index (χ2n) is 3.71. The molecule has 1 amide bonds. The van der Waals surface area contributed by atoms with E-state index >= 15 is 0 Å². The molecule has 0 bridgehead atoms. The summed E-state index contributed by atoms with van der Waals surface area (Å²) in [5.74, 6) is 5.11. The van der Waals surface area contributed by atoms with Gasteiger partial charge in [0.2, 0.25) is 5.91 Å². The second kappa shape index (κ2) is 7.46. The Morgan fingerprint density at radius 3 is 2.94 bits per heavy atom. The first-order valence-electron chi connectivity index (χ1n) is 5.82. The molecule has 1 aromatic carbocycles. The van der Waals surface area contributed by atoms with Crippen LogP contribution in [0.15, 0.2) is 18.2 Å². The van der Waals surface area contributed by atoms with Crippen LogP contribution < -0.4 is 5.32 Å². The molecule has 18 heavy (non-hydrogen) atoms. The van der Waals surface area contributed by atoms with E-state index in [0.29, 0.717) is 24.0 Å². The van der Waals surface area contributed by atoms with Gasteiger partial charge >= 0.3 is 0 Å². The number of hydrogen-bond donors (Lipinski definition) is 2. The minimum absolute atomic E-state index is 0.00755. The molecule has 0 heterocycles. The first kappa shape index (κ1) is 14.2. The summed E-state index contributed by atoms with van der Waals surface area (Å²) in [6.07, 6.45) is 0.761. The third-order valence-electron chi connectivity index (χ3n) is 2.31. The smallest absolute Gasteiger partial charge is 0.219 e. The van der Waals surface area contributed by atoms with Gasteiger partial charge in [-0.1, -0.05) is 18.8 Å². The molecule has 0 fully saturated rings. The van der Waals surface area contributed by atoms with Gasteiger partial charge in [0.15, 0.2) is 0 Å². The number of halogens is 1. The van der Waals surface area contributed by atoms with Crippen LogP contribution in [0.25, 0.3) is 0 Å². The maximum atomic E-state index is 13.5. The summed E-state index contributed by atoms with van der Waals surface area (Å²) in [5.41, 5.74) is 1.08. The lowest BCUT2D eigenvalue weighted by Gasteiger charge is -2.05. The SMILES string of the molecule is CCC(=O)NCc1cc(C#CCCO)ccc1F. The van der Waals surface area contributed by atoms with Crippen molar-refractivity contribution in [3.8, 4) is 11.8 Å². The van der Waals surface area contributed by atoms with Crippen LogP contribution in [-0.2, 0) is 11.3 Å². The molecular formula is C14H16FNO2. The van der Waals surface area contributed by atoms with Crippen LogP contribution in [0.4, 0.5) is 4.39 Å². The summed E-state index contributed by atoms with van der Waals surface area (Å²) < 4.78 is 13.5. The van der Waals surface area contributed by atoms with E-state index < -0.39 is 0 Å². The minimum Gasteiger partial charge on any atom is -0.395 e. The Bertz CT molecular complexity index is 474. The molecule has 1 aromatic rings. The fourth-order valence-corrected chi connectivity index (χ4v) is 1.33. The van der Waals surface area contributed by atoms with Crippen molar-refractivity contribution in [1.29, 1.82) is 0 Å². The van der Waals surface area contributed by atoms with E-state index in [2.05, 4.69) is 17.2 Å². The van der Waals surface area contributed by atoms with Gasteiger partial charge in [-0.25, -0.2) is 4.39 Å². The summed E-state index contributed by atoms with van der Waals surface area (Å²) >= 11 is 0. The fourth-order valence-electron chi connectivity index (χ4n) is 1.33. The number of amides is 1. The lowest BCUT2D eigenvalue weighted by molar-refractivity contribution is -0.120. The van der Waals surface area contributed by atoms with Crippen molar-refractivity contribution in [1.82, 2.24) is 5.32 Å². The first-order valence-corrected chi connectivity index (χ1v) is 5.82. The molecule has 0 aromatic heterocycles. The lowest BCUT2D eigenvalue weighted by atomic mass is 10.1. The molecule has 0 atom stereocenters. The van der Waals surface area contributed by atoms with Gasteiger partial charge in [0.05, 0.1) is 6.61 Å². The third kappa shape index (κ3) is 4.56. The topological polar surface area (TPSA) is 49.3 Å². The number of aliphatic hydroxyl groups excluding tert-OH is 1. The van der Waals surface area contributed by atoms with Gasteiger partial charge in [0, 0.05) is 30.5 Å². The van der Waals surface area contributed by atoms with Crippen molar-refractivity contribution in [3.63, 3.8) is 0 Å². The predicted molar refractivity (Wildman–Crippen MR) is 67.1 cm³/mol. The zero-order valence-corrected chi connectivity index (χ0v) is 10.3. The van der Waals surface area contributed by atoms with E-state index in [1.165, 1.54) is 6.07 Å². The molecule has 96 valence electrons. The number of nitrogens with one attached hydrogen (secondary N) is 1. The number of rotatable bonds is 4. The molecule has 0 spiro atoms. The van der Waals surface area contributed by atoms with E-state index in [1.807, 2.05) is 0 Å². The van der Waals surface area contributed by atoms with Gasteiger partial charge in [-0.05, 0) is 18.2 Å². The Morgan fingerprint density at radius 2 is 2.28 bits per heavy atom. The minimum atomic E-state index is -0.362. The van der Waals surface area contributed by atoms with Crippen LogP contribution in [0.3, 0.4) is 0 Å². The highest BCUT2D eigenvalue weighted by Gasteiger charge is 2.04. The van der Waals surface area contributed by atoms with E-state index in [-0.39, 0.29) is 24.9 Å². The van der Waals surface area contributed by atoms with E-state index in [4.69, 9.17) is 5.11 Å². The molecular weight excluding hydrogens is 233 g/mol. The maximum absolute atomic E-state index is 13.5. The van der Waals surface area contributed by atoms with Crippen molar-refractivity contribution in [2.75, 3.05) is 6.61 Å². The molecule has 2 N–H and O–H groups in total. The number of carbonyl (C=O) groups excluding carboxylic acids is 1. The quantitative estimate of drug-likeness (QED) is 0.796. The highest BCUT2D eigenvalue weighted by Crippen LogP contribution is 2.10. The van der Waals surface area contributed by atoms with Crippen LogP contribution in [-0.4, -0.2) is 17.6 Å². The average Bonchev–Trinajstić information content (AvgIpc) is 2.39. The Kier molecular flexibility index (Phi) is 5.89. The predicted octanol–water partition coefficient (Wildman–Crippen LogP) is 1.59. The molecule has 0 saturated heterocycles. The van der Waals surface area contributed by atoms with Gasteiger partial charge < -0.3 is 10.4 Å². The zero-order valence-electron chi connectivity index (χ0n) is 10.3. The average molecular weight is 249 g/mol. The van der Waals surface area contributed by atoms with Crippen LogP contribution in [0.1, 0.15) is 30.9 Å². The molecule has 0 radical (unpaired) electrons. The molecule has 0 aliphatic rings. The van der Waals surface area contributed by atoms with Crippen molar-refractivity contribution >= 4 is 5.91 Å². The van der Waals surface area contributed by atoms with Gasteiger partial charge in [0.1, 0.15) is 5.82 Å². The van der Waals surface area contributed by atoms with Gasteiger partial charge in [-0.2, -0.15) is 0 Å². The summed E-state index contributed by atoms with van der Waals surface area (Å²) in [6.45, 7) is 1.91. The van der Waals surface area contributed by atoms with Crippen LogP contribution in [0, 0.1) is 17.7 Å². The zero-order chi connectivity index (χ0) is 13.4. The highest BCUT2D eigenvalue weighted by atomic mass is 19.1. The second-order valence-corrected chi connectivity index (χ2v) is 3.71. The van der Waals surface area contributed by atoms with Crippen LogP contribution >= 0.6 is 0 Å². The van der Waals surface area contributed by atoms with Crippen molar-refractivity contribution in [3.05, 3.63) is 35.1 Å². The maximum Gasteiger partial charge on any atom is 0.219 e. The van der Waals surface area contributed by atoms with Crippen molar-refractivity contribution in [2.45, 2.75) is 26.3 Å². The number of benzene rings is 1. The highest BCUT2D eigenvalue weighted by molar-refractivity contribution is 5.75. The Hall–Kier alpha value is -1.86. The monoisotopic (exact) mass is 249 g/mol. The Labute approximate surface area is 106 Å². The number of carbonyl (C=O) groups is 1. The van der Waals surface area contributed by atoms with E-state index in [1.54, 1.807) is 19.1 Å². The Morgan fingerprint density at radius 1 is 1.50 bits per heavy atom. The molecule has 4 heteroatoms. The molecule has 0 aliphatic carbocycles. The standard InChI is InChI=1S/C14H16FNO2/c1-2-14(18)16-10-12-9-11(5-3-4-8-17)6-7-13(12)15/h6-7,9,17H,2,4,8,10H2,1H3,(H,16,18). The van der Waals surface area contributed by atoms with E-state index in [0.717, 1.165) is 0 Å². The van der Waals surface area contributed by atoms with Crippen LogP contribution in [0.2, 0.25) is 0 Å². The normalized spacial score (nSPS) is 9.50. The summed E-state index contributed by atoms with van der Waals surface area (Å²) in [6, 6.07) is 4.51. The van der Waals surface area contributed by atoms with Crippen LogP contribution in [0.5, 0.6) is 0 Å². The van der Waals surface area contributed by atoms with Gasteiger partial charge in [-0.3, -0.25) is 4.79 Å². The number of aliphatic hydroxyl groups is 1. The van der Waals surface area contributed by atoms with E-state index in [9.17, 15) is 9.18 Å². The fraction of sp³-hybridized carbons (Fsp3) is 0.357. The largest absolute Gasteiger partial charge is 0.395 e. The summed E-state index contributed by atoms with van der Waals surface area (Å²) in [5, 5.41) is 11.2. The van der Waals surface area contributed by atoms with Crippen molar-refractivity contribution in [2.24, 2.45) is 0 Å². The first-order chi connectivity index (χ1) is 8.67. The Balaban J connectivity index is 2.75. The molecule has 0 aliphatic heterocycles. The summed E-state index contributed by atoms with van der Waals surface area (Å²) in [4.78, 5) is 11.1. The molecule has 3 nitrogen and oxygen atoms in total. The summed E-state index contributed by atoms with van der Waals surface area (Å²) in [7, 11) is 0. The number of hydrogen-bond acceptors (Lipinski definition) is 2. The van der Waals surface area contributed by atoms with Gasteiger partial charge in [-0.15, -0.1) is 0 Å². The lowest BCUT2D eigenvalue weighted by Crippen LogP contribution is -2.22. The molecule has 0 unspecified atom stereocenters. The molecule has 1 rings (SSSR count). The molecule has 0 saturated carbocycles. The van der Waals surface area contributed by atoms with Crippen molar-refractivity contribution < 1.29 is 14.3 Å². The van der Waals surface area contributed by atoms with Gasteiger partial charge in [0.25, 0.3) is 0 Å². The third-order valence-corrected chi connectivity index (χ3v) is 2.31.